The fraction of sp³-hybridized carbons (Fsp3) is 0.467. The van der Waals surface area contributed by atoms with Crippen molar-refractivity contribution in [3.63, 3.8) is 0 Å². The van der Waals surface area contributed by atoms with Crippen molar-refractivity contribution in [2.45, 2.75) is 78.2 Å². The van der Waals surface area contributed by atoms with Crippen LogP contribution in [0.1, 0.15) is 69.3 Å². The van der Waals surface area contributed by atoms with E-state index in [2.05, 4.69) is 41.0 Å². The smallest absolute Gasteiger partial charge is 0.410 e. The summed E-state index contributed by atoms with van der Waals surface area (Å²) in [6, 6.07) is 19.9. The van der Waals surface area contributed by atoms with Gasteiger partial charge in [-0.1, -0.05) is 25.5 Å². The van der Waals surface area contributed by atoms with E-state index >= 15 is 0 Å². The van der Waals surface area contributed by atoms with Crippen LogP contribution in [0.3, 0.4) is 0 Å². The Morgan fingerprint density at radius 1 is 0.833 bits per heavy atom. The minimum absolute atomic E-state index is 0.0254. The molecule has 0 radical (unpaired) electrons. The summed E-state index contributed by atoms with van der Waals surface area (Å²) < 4.78 is 36.4. The lowest BCUT2D eigenvalue weighted by molar-refractivity contribution is 0.0303. The Morgan fingerprint density at radius 2 is 1.45 bits per heavy atom. The maximum absolute atomic E-state index is 12.5. The number of carbonyl (C=O) groups is 1. The summed E-state index contributed by atoms with van der Waals surface area (Å²) in [6.07, 6.45) is 3.73. The van der Waals surface area contributed by atoms with Gasteiger partial charge in [-0.15, -0.1) is 5.10 Å². The number of hydrogen-bond donors (Lipinski definition) is 1. The lowest BCUT2D eigenvalue weighted by Gasteiger charge is -2.27. The molecule has 5 rings (SSSR count). The highest BCUT2D eigenvalue weighted by molar-refractivity contribution is 5.68. The van der Waals surface area contributed by atoms with Crippen LogP contribution in [0.25, 0.3) is 5.65 Å². The number of hydrogen-bond acceptors (Lipinski definition) is 13. The number of rotatable bonds is 21. The van der Waals surface area contributed by atoms with Gasteiger partial charge in [0.05, 0.1) is 40.3 Å². The third-order valence-corrected chi connectivity index (χ3v) is 9.98. The van der Waals surface area contributed by atoms with Gasteiger partial charge in [-0.2, -0.15) is 4.98 Å². The number of aliphatic hydroxyl groups excluding tert-OH is 1. The SMILES string of the molecule is CCCC(CCO)Oc1nc(N(Cc2ccc(OC)cc2OC)Cc2ccc(OC)cc2OC)c2ncc(Cc3ccc(N(C)CCN(C)C(=O)OC(C)(C)C)cc3)n2n1. The van der Waals surface area contributed by atoms with Gasteiger partial charge in [-0.25, -0.2) is 14.3 Å². The van der Waals surface area contributed by atoms with Crippen LogP contribution in [-0.4, -0.2) is 110 Å². The largest absolute Gasteiger partial charge is 0.497 e. The molecule has 0 spiro atoms. The van der Waals surface area contributed by atoms with Crippen LogP contribution in [0.5, 0.6) is 29.0 Å². The van der Waals surface area contributed by atoms with Crippen molar-refractivity contribution in [1.29, 1.82) is 0 Å². The van der Waals surface area contributed by atoms with E-state index in [1.165, 1.54) is 0 Å². The second kappa shape index (κ2) is 20.8. The van der Waals surface area contributed by atoms with Crippen LogP contribution in [0.2, 0.25) is 0 Å². The lowest BCUT2D eigenvalue weighted by atomic mass is 10.1. The van der Waals surface area contributed by atoms with E-state index in [1.807, 2.05) is 70.4 Å². The maximum Gasteiger partial charge on any atom is 0.410 e. The van der Waals surface area contributed by atoms with Gasteiger partial charge < -0.3 is 48.2 Å². The van der Waals surface area contributed by atoms with E-state index in [0.717, 1.165) is 40.9 Å². The van der Waals surface area contributed by atoms with Crippen molar-refractivity contribution in [2.24, 2.45) is 0 Å². The number of anilines is 2. The normalized spacial score (nSPS) is 11.8. The molecule has 1 N–H and O–H groups in total. The fourth-order valence-electron chi connectivity index (χ4n) is 6.67. The van der Waals surface area contributed by atoms with Crippen LogP contribution in [0.15, 0.2) is 66.9 Å². The van der Waals surface area contributed by atoms with Crippen molar-refractivity contribution >= 4 is 23.2 Å². The molecule has 2 heterocycles. The molecule has 0 bridgehead atoms. The molecule has 0 saturated heterocycles. The molecule has 1 atom stereocenters. The van der Waals surface area contributed by atoms with Gasteiger partial charge in [0.25, 0.3) is 0 Å². The zero-order valence-corrected chi connectivity index (χ0v) is 36.7. The Labute approximate surface area is 353 Å². The van der Waals surface area contributed by atoms with E-state index in [1.54, 1.807) is 44.9 Å². The van der Waals surface area contributed by atoms with Crippen molar-refractivity contribution < 1.29 is 38.3 Å². The summed E-state index contributed by atoms with van der Waals surface area (Å²) in [6.45, 7) is 9.50. The Balaban J connectivity index is 1.52. The molecule has 0 aliphatic carbocycles. The second-order valence-corrected chi connectivity index (χ2v) is 15.6. The summed E-state index contributed by atoms with van der Waals surface area (Å²) in [4.78, 5) is 28.2. The van der Waals surface area contributed by atoms with Crippen molar-refractivity contribution in [1.82, 2.24) is 24.5 Å². The first-order chi connectivity index (χ1) is 28.8. The monoisotopic (exact) mass is 827 g/mol. The minimum atomic E-state index is -0.552. The molecule has 1 amide bonds. The Bertz CT molecular complexity index is 2090. The number of likely N-dealkylation sites (N-methyl/N-ethyl adjacent to an activating group) is 2. The number of imidazole rings is 1. The van der Waals surface area contributed by atoms with Crippen LogP contribution in [0, 0.1) is 0 Å². The molecule has 0 aliphatic heterocycles. The number of methoxy groups -OCH3 is 4. The van der Waals surface area contributed by atoms with Gasteiger partial charge in [-0.3, -0.25) is 0 Å². The molecule has 15 nitrogen and oxygen atoms in total. The molecule has 0 fully saturated rings. The minimum Gasteiger partial charge on any atom is -0.497 e. The van der Waals surface area contributed by atoms with Gasteiger partial charge in [0.2, 0.25) is 0 Å². The molecule has 324 valence electrons. The predicted molar refractivity (Wildman–Crippen MR) is 232 cm³/mol. The van der Waals surface area contributed by atoms with Crippen LogP contribution in [0.4, 0.5) is 16.3 Å². The first-order valence-electron chi connectivity index (χ1n) is 20.2. The average molecular weight is 828 g/mol. The zero-order valence-electron chi connectivity index (χ0n) is 36.7. The highest BCUT2D eigenvalue weighted by atomic mass is 16.6. The van der Waals surface area contributed by atoms with Gasteiger partial charge in [0.1, 0.15) is 34.7 Å². The number of ether oxygens (including phenoxy) is 6. The summed E-state index contributed by atoms with van der Waals surface area (Å²) in [5.41, 5.74) is 4.66. The summed E-state index contributed by atoms with van der Waals surface area (Å²) in [7, 11) is 10.3. The Hall–Kier alpha value is -5.96. The van der Waals surface area contributed by atoms with Crippen LogP contribution < -0.4 is 33.5 Å². The molecular formula is C45H61N7O8. The van der Waals surface area contributed by atoms with Crippen LogP contribution in [-0.2, 0) is 24.2 Å². The fourth-order valence-corrected chi connectivity index (χ4v) is 6.67. The quantitative estimate of drug-likeness (QED) is 0.0798. The topological polar surface area (TPSA) is 145 Å². The molecule has 5 aromatic rings. The van der Waals surface area contributed by atoms with E-state index in [0.29, 0.717) is 73.5 Å². The number of carbonyl (C=O) groups excluding carboxylic acids is 1. The Morgan fingerprint density at radius 3 is 1.98 bits per heavy atom. The standard InChI is InChI=1S/C45H61N7O8/c1-11-12-36(21-24-53)59-43-47-42(51(29-32-15-19-37(55-7)26-39(32)57-9)30-33-16-20-38(56-8)27-40(33)58-10)41-46-28-35(52(41)48-43)25-31-13-17-34(18-14-31)49(5)22-23-50(6)44(54)60-45(2,3)4/h13-20,26-28,36,53H,11-12,21-25,29-30H2,1-10H3. The molecule has 15 heteroatoms. The Kier molecular flexibility index (Phi) is 15.7. The molecule has 1 unspecified atom stereocenters. The molecular weight excluding hydrogens is 767 g/mol. The predicted octanol–water partition coefficient (Wildman–Crippen LogP) is 7.19. The molecule has 0 saturated carbocycles. The van der Waals surface area contributed by atoms with E-state index in [-0.39, 0.29) is 24.8 Å². The van der Waals surface area contributed by atoms with Gasteiger partial charge >= 0.3 is 12.1 Å². The summed E-state index contributed by atoms with van der Waals surface area (Å²) in [5.74, 6) is 3.19. The number of aliphatic hydroxyl groups is 1. The van der Waals surface area contributed by atoms with E-state index in [4.69, 9.17) is 43.5 Å². The van der Waals surface area contributed by atoms with Gasteiger partial charge in [0.15, 0.2) is 11.5 Å². The van der Waals surface area contributed by atoms with Crippen molar-refractivity contribution in [3.05, 3.63) is 89.2 Å². The van der Waals surface area contributed by atoms with Crippen LogP contribution >= 0.6 is 0 Å². The molecule has 0 aliphatic rings. The molecule has 60 heavy (non-hydrogen) atoms. The van der Waals surface area contributed by atoms with Crippen molar-refractivity contribution in [3.8, 4) is 29.0 Å². The number of amides is 1. The third-order valence-electron chi connectivity index (χ3n) is 9.98. The first kappa shape index (κ1) is 45.1. The number of nitrogens with zero attached hydrogens (tertiary/aromatic N) is 7. The number of fused-ring (bicyclic) bond motifs is 1. The number of aromatic nitrogens is 4. The third kappa shape index (κ3) is 11.8. The van der Waals surface area contributed by atoms with Gasteiger partial charge in [0, 0.05) is 88.7 Å². The number of benzene rings is 3. The second-order valence-electron chi connectivity index (χ2n) is 15.6. The zero-order chi connectivity index (χ0) is 43.4. The van der Waals surface area contributed by atoms with Crippen molar-refractivity contribution in [2.75, 3.05) is 72.0 Å². The summed E-state index contributed by atoms with van der Waals surface area (Å²) >= 11 is 0. The summed E-state index contributed by atoms with van der Waals surface area (Å²) in [5, 5.41) is 14.8. The average Bonchev–Trinajstić information content (AvgIpc) is 3.64. The van der Waals surface area contributed by atoms with E-state index in [9.17, 15) is 9.90 Å². The van der Waals surface area contributed by atoms with Gasteiger partial charge in [-0.05, 0) is 69.2 Å². The molecule has 3 aromatic carbocycles. The highest BCUT2D eigenvalue weighted by Crippen LogP contribution is 2.33. The maximum atomic E-state index is 12.5. The molecule has 2 aromatic heterocycles. The lowest BCUT2D eigenvalue weighted by Crippen LogP contribution is -2.38. The highest BCUT2D eigenvalue weighted by Gasteiger charge is 2.25. The van der Waals surface area contributed by atoms with E-state index < -0.39 is 5.60 Å². The first-order valence-corrected chi connectivity index (χ1v) is 20.2.